The molecule has 0 radical (unpaired) electrons. The molecule has 1 saturated heterocycles. The van der Waals surface area contributed by atoms with E-state index in [-0.39, 0.29) is 17.2 Å². The molecule has 1 aliphatic heterocycles. The van der Waals surface area contributed by atoms with Crippen molar-refractivity contribution >= 4 is 10.0 Å². The largest absolute Gasteiger partial charge is 0.313 e. The van der Waals surface area contributed by atoms with E-state index in [1.54, 1.807) is 0 Å². The van der Waals surface area contributed by atoms with Crippen LogP contribution in [0.2, 0.25) is 0 Å². The van der Waals surface area contributed by atoms with Gasteiger partial charge >= 0.3 is 0 Å². The Morgan fingerprint density at radius 3 is 2.53 bits per heavy atom. The van der Waals surface area contributed by atoms with Gasteiger partial charge in [-0.2, -0.15) is 0 Å². The number of rotatable bonds is 6. The summed E-state index contributed by atoms with van der Waals surface area (Å²) in [5, 5.41) is 3.21. The predicted octanol–water partition coefficient (Wildman–Crippen LogP) is 1.34. The standard InChI is InChI=1S/C12H26N2O2S/c1-10(2)12(3,4)9-14-17(15,16)8-11-6-5-7-13-11/h10-11,13-14H,5-9H2,1-4H3. The van der Waals surface area contributed by atoms with Crippen molar-refractivity contribution in [1.29, 1.82) is 0 Å². The van der Waals surface area contributed by atoms with Crippen molar-refractivity contribution in [2.45, 2.75) is 46.6 Å². The van der Waals surface area contributed by atoms with Crippen molar-refractivity contribution in [1.82, 2.24) is 10.0 Å². The highest BCUT2D eigenvalue weighted by atomic mass is 32.2. The van der Waals surface area contributed by atoms with E-state index in [4.69, 9.17) is 0 Å². The lowest BCUT2D eigenvalue weighted by Gasteiger charge is -2.29. The second kappa shape index (κ2) is 5.67. The molecule has 0 aromatic heterocycles. The summed E-state index contributed by atoms with van der Waals surface area (Å²) in [7, 11) is -3.14. The lowest BCUT2D eigenvalue weighted by Crippen LogP contribution is -2.41. The summed E-state index contributed by atoms with van der Waals surface area (Å²) < 4.78 is 26.5. The van der Waals surface area contributed by atoms with Crippen molar-refractivity contribution in [3.8, 4) is 0 Å². The second-order valence-electron chi connectivity index (χ2n) is 6.04. The summed E-state index contributed by atoms with van der Waals surface area (Å²) in [5.41, 5.74) is -0.00380. The van der Waals surface area contributed by atoms with Crippen LogP contribution in [-0.4, -0.2) is 33.3 Å². The maximum Gasteiger partial charge on any atom is 0.213 e. The Hall–Kier alpha value is -0.130. The minimum atomic E-state index is -3.14. The van der Waals surface area contributed by atoms with Crippen molar-refractivity contribution < 1.29 is 8.42 Å². The topological polar surface area (TPSA) is 58.2 Å². The van der Waals surface area contributed by atoms with Gasteiger partial charge in [-0.1, -0.05) is 27.7 Å². The fourth-order valence-electron chi connectivity index (χ4n) is 1.72. The zero-order valence-corrected chi connectivity index (χ0v) is 12.2. The van der Waals surface area contributed by atoms with Crippen molar-refractivity contribution in [2.75, 3.05) is 18.8 Å². The van der Waals surface area contributed by atoms with Crippen LogP contribution in [-0.2, 0) is 10.0 Å². The number of hydrogen-bond donors (Lipinski definition) is 2. The third kappa shape index (κ3) is 4.94. The van der Waals surface area contributed by atoms with Crippen LogP contribution in [0.25, 0.3) is 0 Å². The lowest BCUT2D eigenvalue weighted by atomic mass is 9.81. The number of nitrogens with one attached hydrogen (secondary N) is 2. The van der Waals surface area contributed by atoms with Gasteiger partial charge in [0.05, 0.1) is 5.75 Å². The molecule has 1 heterocycles. The van der Waals surface area contributed by atoms with Gasteiger partial charge in [-0.25, -0.2) is 13.1 Å². The first-order chi connectivity index (χ1) is 7.73. The molecule has 102 valence electrons. The SMILES string of the molecule is CC(C)C(C)(C)CNS(=O)(=O)CC1CCCN1. The number of sulfonamides is 1. The Morgan fingerprint density at radius 2 is 2.06 bits per heavy atom. The maximum atomic E-state index is 11.9. The molecule has 0 aromatic carbocycles. The van der Waals surface area contributed by atoms with Crippen LogP contribution < -0.4 is 10.0 Å². The van der Waals surface area contributed by atoms with Gasteiger partial charge in [-0.05, 0) is 30.7 Å². The molecule has 4 nitrogen and oxygen atoms in total. The van der Waals surface area contributed by atoms with E-state index in [2.05, 4.69) is 37.7 Å². The van der Waals surface area contributed by atoms with Gasteiger partial charge in [-0.15, -0.1) is 0 Å². The molecule has 2 N–H and O–H groups in total. The van der Waals surface area contributed by atoms with E-state index >= 15 is 0 Å². The maximum absolute atomic E-state index is 11.9. The van der Waals surface area contributed by atoms with Gasteiger partial charge in [0.25, 0.3) is 0 Å². The van der Waals surface area contributed by atoms with E-state index in [0.29, 0.717) is 12.5 Å². The number of hydrogen-bond acceptors (Lipinski definition) is 3. The molecule has 0 bridgehead atoms. The van der Waals surface area contributed by atoms with Crippen molar-refractivity contribution in [3.05, 3.63) is 0 Å². The normalized spacial score (nSPS) is 22.3. The van der Waals surface area contributed by atoms with Crippen LogP contribution in [0.4, 0.5) is 0 Å². The molecule has 0 amide bonds. The van der Waals surface area contributed by atoms with E-state index in [0.717, 1.165) is 19.4 Å². The van der Waals surface area contributed by atoms with Crippen molar-refractivity contribution in [2.24, 2.45) is 11.3 Å². The predicted molar refractivity (Wildman–Crippen MR) is 71.4 cm³/mol. The molecule has 1 aliphatic rings. The third-order valence-electron chi connectivity index (χ3n) is 3.89. The fourth-order valence-corrected chi connectivity index (χ4v) is 3.25. The van der Waals surface area contributed by atoms with Gasteiger partial charge in [0.2, 0.25) is 10.0 Å². The zero-order chi connectivity index (χ0) is 13.1. The first kappa shape index (κ1) is 14.9. The molecule has 1 unspecified atom stereocenters. The van der Waals surface area contributed by atoms with Gasteiger partial charge in [0.1, 0.15) is 0 Å². The highest BCUT2D eigenvalue weighted by Crippen LogP contribution is 2.25. The third-order valence-corrected chi connectivity index (χ3v) is 5.32. The molecule has 0 aliphatic carbocycles. The summed E-state index contributed by atoms with van der Waals surface area (Å²) in [6.07, 6.45) is 2.05. The van der Waals surface area contributed by atoms with E-state index in [1.165, 1.54) is 0 Å². The smallest absolute Gasteiger partial charge is 0.213 e. The van der Waals surface area contributed by atoms with Crippen LogP contribution in [0.1, 0.15) is 40.5 Å². The Balaban J connectivity index is 2.44. The average molecular weight is 262 g/mol. The first-order valence-corrected chi connectivity index (χ1v) is 8.09. The zero-order valence-electron chi connectivity index (χ0n) is 11.4. The quantitative estimate of drug-likeness (QED) is 0.759. The summed E-state index contributed by atoms with van der Waals surface area (Å²) in [5.74, 6) is 0.663. The molecule has 17 heavy (non-hydrogen) atoms. The second-order valence-corrected chi connectivity index (χ2v) is 7.89. The van der Waals surface area contributed by atoms with E-state index in [9.17, 15) is 8.42 Å². The highest BCUT2D eigenvalue weighted by Gasteiger charge is 2.27. The Bertz CT molecular complexity index is 330. The molecule has 0 saturated carbocycles. The van der Waals surface area contributed by atoms with Gasteiger partial charge in [0, 0.05) is 12.6 Å². The minimum Gasteiger partial charge on any atom is -0.313 e. The van der Waals surface area contributed by atoms with Gasteiger partial charge in [-0.3, -0.25) is 0 Å². The van der Waals surface area contributed by atoms with Crippen LogP contribution in [0, 0.1) is 11.3 Å². The Kier molecular flexibility index (Phi) is 4.98. The fraction of sp³-hybridized carbons (Fsp3) is 1.00. The lowest BCUT2D eigenvalue weighted by molar-refractivity contribution is 0.252. The summed E-state index contributed by atoms with van der Waals surface area (Å²) in [6.45, 7) is 9.87. The molecule has 1 fully saturated rings. The van der Waals surface area contributed by atoms with Crippen LogP contribution in [0.15, 0.2) is 0 Å². The molecule has 5 heteroatoms. The van der Waals surface area contributed by atoms with Crippen LogP contribution >= 0.6 is 0 Å². The molecular formula is C12H26N2O2S. The van der Waals surface area contributed by atoms with E-state index < -0.39 is 10.0 Å². The van der Waals surface area contributed by atoms with Gasteiger partial charge < -0.3 is 5.32 Å². The van der Waals surface area contributed by atoms with Crippen molar-refractivity contribution in [3.63, 3.8) is 0 Å². The highest BCUT2D eigenvalue weighted by molar-refractivity contribution is 7.89. The van der Waals surface area contributed by atoms with Gasteiger partial charge in [0.15, 0.2) is 0 Å². The Labute approximate surface area is 106 Å². The molecule has 0 spiro atoms. The Morgan fingerprint density at radius 1 is 1.41 bits per heavy atom. The first-order valence-electron chi connectivity index (χ1n) is 6.44. The molecule has 1 rings (SSSR count). The van der Waals surface area contributed by atoms with E-state index in [1.807, 2.05) is 0 Å². The average Bonchev–Trinajstić information content (AvgIpc) is 2.67. The van der Waals surface area contributed by atoms with Crippen LogP contribution in [0.5, 0.6) is 0 Å². The van der Waals surface area contributed by atoms with Crippen LogP contribution in [0.3, 0.4) is 0 Å². The summed E-state index contributed by atoms with van der Waals surface area (Å²) in [6, 6.07) is 0.134. The molecular weight excluding hydrogens is 236 g/mol. The monoisotopic (exact) mass is 262 g/mol. The summed E-state index contributed by atoms with van der Waals surface area (Å²) >= 11 is 0. The molecule has 1 atom stereocenters. The minimum absolute atomic E-state index is 0.00380. The summed E-state index contributed by atoms with van der Waals surface area (Å²) in [4.78, 5) is 0. The molecule has 0 aromatic rings.